The summed E-state index contributed by atoms with van der Waals surface area (Å²) in [5.74, 6) is 0.243. The van der Waals surface area contributed by atoms with Gasteiger partial charge in [-0.25, -0.2) is 4.79 Å². The molecule has 1 aromatic carbocycles. The fourth-order valence-corrected chi connectivity index (χ4v) is 3.66. The summed E-state index contributed by atoms with van der Waals surface area (Å²) in [6.07, 6.45) is 2.65. The molecule has 3 heterocycles. The van der Waals surface area contributed by atoms with E-state index in [0.29, 0.717) is 31.9 Å². The number of piperidine rings is 1. The Kier molecular flexibility index (Phi) is 5.50. The lowest BCUT2D eigenvalue weighted by Crippen LogP contribution is -2.47. The lowest BCUT2D eigenvalue weighted by atomic mass is 9.97. The molecule has 1 atom stereocenters. The number of carbonyl (C=O) groups is 3. The molecule has 1 unspecified atom stereocenters. The van der Waals surface area contributed by atoms with E-state index in [4.69, 9.17) is 9.15 Å². The first-order chi connectivity index (χ1) is 14.1. The van der Waals surface area contributed by atoms with Gasteiger partial charge in [-0.15, -0.1) is 0 Å². The first kappa shape index (κ1) is 19.0. The van der Waals surface area contributed by atoms with Crippen LogP contribution in [-0.4, -0.2) is 60.5 Å². The second kappa shape index (κ2) is 8.38. The molecule has 8 heteroatoms. The minimum absolute atomic E-state index is 0.00140. The van der Waals surface area contributed by atoms with E-state index in [1.165, 1.54) is 4.90 Å². The summed E-state index contributed by atoms with van der Waals surface area (Å²) in [4.78, 5) is 39.8. The van der Waals surface area contributed by atoms with Crippen molar-refractivity contribution in [1.82, 2.24) is 9.80 Å². The fraction of sp³-hybridized carbons (Fsp3) is 0.381. The van der Waals surface area contributed by atoms with Crippen LogP contribution in [0, 0.1) is 5.92 Å². The van der Waals surface area contributed by atoms with Gasteiger partial charge in [0.1, 0.15) is 18.9 Å². The van der Waals surface area contributed by atoms with E-state index in [0.717, 1.165) is 24.2 Å². The maximum Gasteiger partial charge on any atom is 0.410 e. The molecule has 0 bridgehead atoms. The van der Waals surface area contributed by atoms with Crippen molar-refractivity contribution in [2.24, 2.45) is 5.92 Å². The Morgan fingerprint density at radius 2 is 1.97 bits per heavy atom. The van der Waals surface area contributed by atoms with E-state index in [9.17, 15) is 14.4 Å². The van der Waals surface area contributed by atoms with Crippen LogP contribution >= 0.6 is 0 Å². The summed E-state index contributed by atoms with van der Waals surface area (Å²) in [6.45, 7) is 1.70. The maximum absolute atomic E-state index is 12.7. The number of ether oxygens (including phenoxy) is 1. The molecule has 2 aliphatic rings. The van der Waals surface area contributed by atoms with Gasteiger partial charge < -0.3 is 19.4 Å². The minimum Gasteiger partial charge on any atom is -0.464 e. The quantitative estimate of drug-likeness (QED) is 0.837. The standard InChI is InChI=1S/C21H23N3O5/c25-19(14-24-10-12-29-21(24)27)23-9-1-3-16(13-23)20(26)22-17-7-5-15(6-8-17)18-4-2-11-28-18/h2,4-8,11,16H,1,3,9-10,12-14H2,(H,22,26). The number of anilines is 1. The molecular formula is C21H23N3O5. The van der Waals surface area contributed by atoms with Crippen LogP contribution in [-0.2, 0) is 14.3 Å². The Morgan fingerprint density at radius 3 is 2.66 bits per heavy atom. The molecule has 3 amide bonds. The van der Waals surface area contributed by atoms with Gasteiger partial charge in [0, 0.05) is 24.3 Å². The highest BCUT2D eigenvalue weighted by atomic mass is 16.6. The Morgan fingerprint density at radius 1 is 1.14 bits per heavy atom. The van der Waals surface area contributed by atoms with Gasteiger partial charge in [-0.2, -0.15) is 0 Å². The van der Waals surface area contributed by atoms with Crippen molar-refractivity contribution in [3.63, 3.8) is 0 Å². The second-order valence-corrected chi connectivity index (χ2v) is 7.26. The average Bonchev–Trinajstić information content (AvgIpc) is 3.41. The van der Waals surface area contributed by atoms with Crippen LogP contribution in [0.5, 0.6) is 0 Å². The molecule has 2 fully saturated rings. The molecule has 152 valence electrons. The maximum atomic E-state index is 12.7. The zero-order chi connectivity index (χ0) is 20.2. The van der Waals surface area contributed by atoms with Gasteiger partial charge in [0.25, 0.3) is 0 Å². The first-order valence-electron chi connectivity index (χ1n) is 9.74. The van der Waals surface area contributed by atoms with Crippen molar-refractivity contribution in [3.05, 3.63) is 42.7 Å². The van der Waals surface area contributed by atoms with Gasteiger partial charge in [0.2, 0.25) is 11.8 Å². The highest BCUT2D eigenvalue weighted by Gasteiger charge is 2.31. The molecule has 1 aromatic heterocycles. The van der Waals surface area contributed by atoms with Gasteiger partial charge in [-0.1, -0.05) is 0 Å². The van der Waals surface area contributed by atoms with Crippen molar-refractivity contribution >= 4 is 23.6 Å². The molecule has 2 aromatic rings. The Bertz CT molecular complexity index is 878. The van der Waals surface area contributed by atoms with Gasteiger partial charge in [0.05, 0.1) is 18.7 Å². The van der Waals surface area contributed by atoms with Gasteiger partial charge in [0.15, 0.2) is 0 Å². The predicted octanol–water partition coefficient (Wildman–Crippen LogP) is 2.58. The van der Waals surface area contributed by atoms with Crippen LogP contribution in [0.4, 0.5) is 10.5 Å². The van der Waals surface area contributed by atoms with Gasteiger partial charge in [-0.05, 0) is 49.2 Å². The minimum atomic E-state index is -0.456. The molecule has 0 spiro atoms. The van der Waals surface area contributed by atoms with E-state index in [1.807, 2.05) is 36.4 Å². The zero-order valence-electron chi connectivity index (χ0n) is 16.0. The van der Waals surface area contributed by atoms with Gasteiger partial charge in [-0.3, -0.25) is 14.5 Å². The lowest BCUT2D eigenvalue weighted by Gasteiger charge is -2.32. The number of rotatable bonds is 5. The molecule has 2 aliphatic heterocycles. The highest BCUT2D eigenvalue weighted by molar-refractivity contribution is 5.93. The number of furan rings is 1. The van der Waals surface area contributed by atoms with E-state index in [2.05, 4.69) is 5.32 Å². The van der Waals surface area contributed by atoms with Crippen molar-refractivity contribution in [2.45, 2.75) is 12.8 Å². The van der Waals surface area contributed by atoms with Crippen molar-refractivity contribution in [2.75, 3.05) is 38.1 Å². The van der Waals surface area contributed by atoms with E-state index < -0.39 is 6.09 Å². The molecule has 4 rings (SSSR count). The summed E-state index contributed by atoms with van der Waals surface area (Å²) < 4.78 is 10.2. The van der Waals surface area contributed by atoms with E-state index in [-0.39, 0.29) is 24.3 Å². The number of likely N-dealkylation sites (tertiary alicyclic amines) is 1. The summed E-state index contributed by atoms with van der Waals surface area (Å²) in [5.41, 5.74) is 1.64. The third-order valence-electron chi connectivity index (χ3n) is 5.27. The Balaban J connectivity index is 1.32. The smallest absolute Gasteiger partial charge is 0.410 e. The summed E-state index contributed by atoms with van der Waals surface area (Å²) >= 11 is 0. The van der Waals surface area contributed by atoms with Crippen LogP contribution in [0.25, 0.3) is 11.3 Å². The molecule has 8 nitrogen and oxygen atoms in total. The second-order valence-electron chi connectivity index (χ2n) is 7.26. The molecule has 29 heavy (non-hydrogen) atoms. The first-order valence-corrected chi connectivity index (χ1v) is 9.74. The van der Waals surface area contributed by atoms with Crippen molar-refractivity contribution < 1.29 is 23.5 Å². The van der Waals surface area contributed by atoms with Crippen LogP contribution in [0.2, 0.25) is 0 Å². The van der Waals surface area contributed by atoms with Crippen LogP contribution in [0.1, 0.15) is 12.8 Å². The lowest BCUT2D eigenvalue weighted by molar-refractivity contribution is -0.135. The Labute approximate surface area is 168 Å². The van der Waals surface area contributed by atoms with E-state index >= 15 is 0 Å². The zero-order valence-corrected chi connectivity index (χ0v) is 16.0. The summed E-state index contributed by atoms with van der Waals surface area (Å²) in [5, 5.41) is 2.93. The Hall–Kier alpha value is -3.29. The molecule has 0 saturated carbocycles. The number of benzene rings is 1. The van der Waals surface area contributed by atoms with Crippen LogP contribution in [0.15, 0.2) is 47.1 Å². The van der Waals surface area contributed by atoms with E-state index in [1.54, 1.807) is 11.2 Å². The van der Waals surface area contributed by atoms with Crippen molar-refractivity contribution in [1.29, 1.82) is 0 Å². The number of nitrogens with one attached hydrogen (secondary N) is 1. The third-order valence-corrected chi connectivity index (χ3v) is 5.27. The highest BCUT2D eigenvalue weighted by Crippen LogP contribution is 2.23. The fourth-order valence-electron chi connectivity index (χ4n) is 3.66. The summed E-state index contributed by atoms with van der Waals surface area (Å²) in [7, 11) is 0. The molecule has 2 saturated heterocycles. The summed E-state index contributed by atoms with van der Waals surface area (Å²) in [6, 6.07) is 11.2. The molecule has 0 aliphatic carbocycles. The number of cyclic esters (lactones) is 1. The normalized spacial score (nSPS) is 19.2. The predicted molar refractivity (Wildman–Crippen MR) is 105 cm³/mol. The average molecular weight is 397 g/mol. The van der Waals surface area contributed by atoms with Crippen LogP contribution < -0.4 is 5.32 Å². The van der Waals surface area contributed by atoms with Gasteiger partial charge >= 0.3 is 6.09 Å². The molecule has 0 radical (unpaired) electrons. The topological polar surface area (TPSA) is 92.1 Å². The largest absolute Gasteiger partial charge is 0.464 e. The van der Waals surface area contributed by atoms with Crippen LogP contribution in [0.3, 0.4) is 0 Å². The van der Waals surface area contributed by atoms with Crippen molar-refractivity contribution in [3.8, 4) is 11.3 Å². The number of hydrogen-bond donors (Lipinski definition) is 1. The number of amides is 3. The number of carbonyl (C=O) groups excluding carboxylic acids is 3. The third kappa shape index (κ3) is 4.42. The number of nitrogens with zero attached hydrogens (tertiary/aromatic N) is 2. The molecule has 1 N–H and O–H groups in total. The SMILES string of the molecule is O=C(Nc1ccc(-c2ccco2)cc1)C1CCCN(C(=O)CN2CCOC2=O)C1. The molecular weight excluding hydrogens is 374 g/mol. The number of hydrogen-bond acceptors (Lipinski definition) is 5. The monoisotopic (exact) mass is 397 g/mol.